The Morgan fingerprint density at radius 2 is 1.65 bits per heavy atom. The van der Waals surface area contributed by atoms with Crippen molar-refractivity contribution < 1.29 is 19.7 Å². The van der Waals surface area contributed by atoms with Crippen molar-refractivity contribution in [1.82, 2.24) is 0 Å². The minimum Gasteiger partial charge on any atom is -0.508 e. The zero-order chi connectivity index (χ0) is 14.3. The molecule has 1 aromatic heterocycles. The van der Waals surface area contributed by atoms with E-state index in [0.717, 1.165) is 5.39 Å². The van der Waals surface area contributed by atoms with Crippen molar-refractivity contribution in [3.05, 3.63) is 47.5 Å². The summed E-state index contributed by atoms with van der Waals surface area (Å²) in [7, 11) is 0. The van der Waals surface area contributed by atoms with Crippen LogP contribution < -0.4 is 0 Å². The second kappa shape index (κ2) is 4.58. The molecule has 0 aliphatic rings. The van der Waals surface area contributed by atoms with Gasteiger partial charge in [-0.3, -0.25) is 0 Å². The molecule has 20 heavy (non-hydrogen) atoms. The molecule has 2 aromatic carbocycles. The number of hydrogen-bond acceptors (Lipinski definition) is 3. The van der Waals surface area contributed by atoms with Gasteiger partial charge in [0.25, 0.3) is 0 Å². The third-order valence-corrected chi connectivity index (χ3v) is 3.23. The van der Waals surface area contributed by atoms with Gasteiger partial charge in [0.2, 0.25) is 0 Å². The van der Waals surface area contributed by atoms with Crippen LogP contribution in [0.1, 0.15) is 0 Å². The third-order valence-electron chi connectivity index (χ3n) is 2.95. The number of phenols is 3. The van der Waals surface area contributed by atoms with Gasteiger partial charge >= 0.3 is 11.3 Å². The highest BCUT2D eigenvalue weighted by molar-refractivity contribution is 6.33. The zero-order valence-corrected chi connectivity index (χ0v) is 10.9. The van der Waals surface area contributed by atoms with Crippen LogP contribution >= 0.6 is 11.6 Å². The summed E-state index contributed by atoms with van der Waals surface area (Å²) in [4.78, 5) is 0. The maximum Gasteiger partial charge on any atom is 0.379 e. The lowest BCUT2D eigenvalue weighted by Crippen LogP contribution is -1.82. The summed E-state index contributed by atoms with van der Waals surface area (Å²) >= 11 is 6.17. The predicted octanol–water partition coefficient (Wildman–Crippen LogP) is 4.15. The Bertz CT molecular complexity index is 814. The number of halogens is 1. The molecule has 4 nitrogen and oxygen atoms in total. The van der Waals surface area contributed by atoms with E-state index in [-0.39, 0.29) is 17.2 Å². The molecule has 5 heteroatoms. The van der Waals surface area contributed by atoms with Crippen LogP contribution in [0.3, 0.4) is 0 Å². The van der Waals surface area contributed by atoms with E-state index >= 15 is 0 Å². The Labute approximate surface area is 119 Å². The van der Waals surface area contributed by atoms with Gasteiger partial charge < -0.3 is 15.3 Å². The Morgan fingerprint density at radius 1 is 0.850 bits per heavy atom. The van der Waals surface area contributed by atoms with Gasteiger partial charge in [-0.2, -0.15) is 0 Å². The first kappa shape index (κ1) is 12.6. The minimum absolute atomic E-state index is 0.0862. The van der Waals surface area contributed by atoms with Crippen LogP contribution in [-0.4, -0.2) is 15.3 Å². The van der Waals surface area contributed by atoms with E-state index in [4.69, 9.17) is 16.0 Å². The molecule has 0 atom stereocenters. The summed E-state index contributed by atoms with van der Waals surface area (Å²) < 4.78 is 5.67. The molecule has 0 amide bonds. The average molecular weight is 290 g/mol. The van der Waals surface area contributed by atoms with Crippen LogP contribution in [0, 0.1) is 0 Å². The van der Waals surface area contributed by atoms with Gasteiger partial charge in [-0.15, -0.1) is 0 Å². The Kier molecular flexibility index (Phi) is 2.88. The molecule has 0 aliphatic heterocycles. The molecule has 0 unspecified atom stereocenters. The van der Waals surface area contributed by atoms with Crippen molar-refractivity contribution in [2.75, 3.05) is 0 Å². The van der Waals surface area contributed by atoms with Crippen molar-refractivity contribution in [3.8, 4) is 28.6 Å². The molecule has 0 spiro atoms. The fourth-order valence-corrected chi connectivity index (χ4v) is 2.22. The number of rotatable bonds is 1. The first-order valence-electron chi connectivity index (χ1n) is 5.82. The second-order valence-corrected chi connectivity index (χ2v) is 4.76. The van der Waals surface area contributed by atoms with Crippen LogP contribution in [0.2, 0.25) is 5.02 Å². The SMILES string of the molecule is Oc1ccc2cc(Cl)c(-c3ccc(O)c(O)c3)[o+]c2c1. The van der Waals surface area contributed by atoms with Gasteiger partial charge in [-0.25, -0.2) is 4.42 Å². The standard InChI is InChI=1S/C15H9ClO4/c16-11-5-8-1-3-10(17)7-14(8)20-15(11)9-2-4-12(18)13(19)6-9/h1-7H,(H2-,17,18,19)/p+1. The van der Waals surface area contributed by atoms with Crippen LogP contribution in [0.15, 0.2) is 46.9 Å². The first-order valence-corrected chi connectivity index (χ1v) is 6.20. The summed E-state index contributed by atoms with van der Waals surface area (Å²) in [5.41, 5.74) is 0.993. The van der Waals surface area contributed by atoms with Crippen molar-refractivity contribution in [2.45, 2.75) is 0 Å². The fourth-order valence-electron chi connectivity index (χ4n) is 1.95. The molecule has 3 N–H and O–H groups in total. The van der Waals surface area contributed by atoms with E-state index in [1.807, 2.05) is 0 Å². The van der Waals surface area contributed by atoms with Gasteiger partial charge in [0, 0.05) is 6.07 Å². The Balaban J connectivity index is 2.24. The highest BCUT2D eigenvalue weighted by Gasteiger charge is 2.21. The lowest BCUT2D eigenvalue weighted by atomic mass is 10.1. The summed E-state index contributed by atoms with van der Waals surface area (Å²) in [5.74, 6) is -0.0452. The van der Waals surface area contributed by atoms with Gasteiger partial charge in [0.1, 0.15) is 10.8 Å². The quantitative estimate of drug-likeness (QED) is 0.465. The lowest BCUT2D eigenvalue weighted by Gasteiger charge is -1.99. The highest BCUT2D eigenvalue weighted by atomic mass is 35.5. The van der Waals surface area contributed by atoms with Crippen LogP contribution in [0.5, 0.6) is 17.2 Å². The van der Waals surface area contributed by atoms with E-state index in [1.54, 1.807) is 24.3 Å². The molecule has 1 heterocycles. The van der Waals surface area contributed by atoms with Gasteiger partial charge in [0.15, 0.2) is 11.5 Å². The molecule has 0 bridgehead atoms. The Hall–Kier alpha value is -2.46. The van der Waals surface area contributed by atoms with E-state index in [1.165, 1.54) is 18.2 Å². The average Bonchev–Trinajstić information content (AvgIpc) is 2.42. The smallest absolute Gasteiger partial charge is 0.379 e. The maximum absolute atomic E-state index is 9.53. The molecule has 3 rings (SSSR count). The molecule has 0 saturated heterocycles. The van der Waals surface area contributed by atoms with Crippen LogP contribution in [0.25, 0.3) is 22.3 Å². The molecule has 3 aromatic rings. The fraction of sp³-hybridized carbons (Fsp3) is 0. The monoisotopic (exact) mass is 289 g/mol. The Morgan fingerprint density at radius 3 is 2.40 bits per heavy atom. The number of fused-ring (bicyclic) bond motifs is 1. The minimum atomic E-state index is -0.259. The number of phenolic OH excluding ortho intramolecular Hbond substituents is 3. The van der Waals surface area contributed by atoms with Crippen molar-refractivity contribution >= 4 is 22.6 Å². The molecule has 0 aliphatic carbocycles. The van der Waals surface area contributed by atoms with Crippen LogP contribution in [0.4, 0.5) is 0 Å². The predicted molar refractivity (Wildman–Crippen MR) is 76.1 cm³/mol. The van der Waals surface area contributed by atoms with Gasteiger partial charge in [0.05, 0.1) is 17.0 Å². The van der Waals surface area contributed by atoms with Gasteiger partial charge in [-0.05, 0) is 30.3 Å². The topological polar surface area (TPSA) is 72.0 Å². The molecule has 0 fully saturated rings. The van der Waals surface area contributed by atoms with E-state index in [9.17, 15) is 15.3 Å². The van der Waals surface area contributed by atoms with Crippen molar-refractivity contribution in [2.24, 2.45) is 0 Å². The normalized spacial score (nSPS) is 10.8. The van der Waals surface area contributed by atoms with Crippen molar-refractivity contribution in [1.29, 1.82) is 0 Å². The zero-order valence-electron chi connectivity index (χ0n) is 10.2. The molecule has 100 valence electrons. The van der Waals surface area contributed by atoms with E-state index in [0.29, 0.717) is 21.9 Å². The second-order valence-electron chi connectivity index (χ2n) is 4.35. The molecular formula is C15H10ClO4+. The summed E-state index contributed by atoms with van der Waals surface area (Å²) in [5, 5.41) is 29.5. The molecular weight excluding hydrogens is 280 g/mol. The summed E-state index contributed by atoms with van der Waals surface area (Å²) in [6.45, 7) is 0. The van der Waals surface area contributed by atoms with E-state index in [2.05, 4.69) is 0 Å². The van der Waals surface area contributed by atoms with Crippen LogP contribution in [-0.2, 0) is 0 Å². The number of hydrogen-bond donors (Lipinski definition) is 3. The lowest BCUT2D eigenvalue weighted by molar-refractivity contribution is 0.404. The van der Waals surface area contributed by atoms with E-state index < -0.39 is 0 Å². The molecule has 0 radical (unpaired) electrons. The molecule has 0 saturated carbocycles. The largest absolute Gasteiger partial charge is 0.508 e. The highest BCUT2D eigenvalue weighted by Crippen LogP contribution is 2.36. The number of aromatic hydroxyl groups is 3. The maximum atomic E-state index is 9.53. The third kappa shape index (κ3) is 2.10. The van der Waals surface area contributed by atoms with Crippen molar-refractivity contribution in [3.63, 3.8) is 0 Å². The van der Waals surface area contributed by atoms with Gasteiger partial charge in [-0.1, -0.05) is 11.6 Å². The first-order chi connectivity index (χ1) is 9.54. The summed E-state index contributed by atoms with van der Waals surface area (Å²) in [6, 6.07) is 10.7. The summed E-state index contributed by atoms with van der Waals surface area (Å²) in [6.07, 6.45) is 0. The number of benzene rings is 2.